The first kappa shape index (κ1) is 16.4. The van der Waals surface area contributed by atoms with Crippen LogP contribution in [0.5, 0.6) is 0 Å². The van der Waals surface area contributed by atoms with Crippen LogP contribution in [-0.4, -0.2) is 35.1 Å². The van der Waals surface area contributed by atoms with Gasteiger partial charge in [-0.1, -0.05) is 24.3 Å². The van der Waals surface area contributed by atoms with Crippen molar-refractivity contribution < 1.29 is 23.1 Å². The van der Waals surface area contributed by atoms with Crippen molar-refractivity contribution in [2.24, 2.45) is 0 Å². The van der Waals surface area contributed by atoms with Gasteiger partial charge in [0.15, 0.2) is 0 Å². The summed E-state index contributed by atoms with van der Waals surface area (Å²) in [6.45, 7) is -1.16. The van der Waals surface area contributed by atoms with Crippen molar-refractivity contribution >= 4 is 17.2 Å². The molecule has 0 saturated carbocycles. The molecule has 0 saturated heterocycles. The number of rotatable bonds is 6. The van der Waals surface area contributed by atoms with Gasteiger partial charge in [0.05, 0.1) is 16.4 Å². The van der Waals surface area contributed by atoms with Gasteiger partial charge in [0.1, 0.15) is 12.8 Å². The second-order valence-electron chi connectivity index (χ2n) is 4.50. The molecule has 0 aliphatic carbocycles. The molecule has 0 spiro atoms. The fourth-order valence-electron chi connectivity index (χ4n) is 1.88. The Morgan fingerprint density at radius 1 is 1.32 bits per heavy atom. The third-order valence-corrected chi connectivity index (χ3v) is 3.86. The van der Waals surface area contributed by atoms with Crippen molar-refractivity contribution in [2.75, 3.05) is 6.67 Å². The van der Waals surface area contributed by atoms with E-state index in [1.807, 2.05) is 0 Å². The van der Waals surface area contributed by atoms with Crippen LogP contribution in [0.1, 0.15) is 11.7 Å². The SMILES string of the molecule is O=C(NC(CF)C(O)c1ccc(-c2cncs2)cc1)C(F)F. The first-order chi connectivity index (χ1) is 10.5. The monoisotopic (exact) mass is 330 g/mol. The zero-order valence-corrected chi connectivity index (χ0v) is 12.1. The van der Waals surface area contributed by atoms with E-state index in [1.165, 1.54) is 11.3 Å². The summed E-state index contributed by atoms with van der Waals surface area (Å²) in [5.41, 5.74) is 2.87. The largest absolute Gasteiger partial charge is 0.386 e. The summed E-state index contributed by atoms with van der Waals surface area (Å²) in [6, 6.07) is 5.09. The number of benzene rings is 1. The number of amides is 1. The van der Waals surface area contributed by atoms with Gasteiger partial charge in [-0.05, 0) is 11.1 Å². The number of halogens is 3. The van der Waals surface area contributed by atoms with E-state index in [2.05, 4.69) is 4.98 Å². The minimum absolute atomic E-state index is 0.325. The van der Waals surface area contributed by atoms with E-state index in [4.69, 9.17) is 0 Å². The van der Waals surface area contributed by atoms with Gasteiger partial charge >= 0.3 is 6.43 Å². The van der Waals surface area contributed by atoms with Crippen LogP contribution in [0.2, 0.25) is 0 Å². The van der Waals surface area contributed by atoms with Crippen molar-refractivity contribution in [3.8, 4) is 10.4 Å². The number of nitrogens with zero attached hydrogens (tertiary/aromatic N) is 1. The fourth-order valence-corrected chi connectivity index (χ4v) is 2.51. The molecule has 2 N–H and O–H groups in total. The predicted octanol–water partition coefficient (Wildman–Crippen LogP) is 2.56. The van der Waals surface area contributed by atoms with E-state index in [9.17, 15) is 23.1 Å². The molecule has 2 atom stereocenters. The lowest BCUT2D eigenvalue weighted by Crippen LogP contribution is -2.43. The Hall–Kier alpha value is -1.93. The van der Waals surface area contributed by atoms with E-state index in [0.717, 1.165) is 10.4 Å². The van der Waals surface area contributed by atoms with E-state index >= 15 is 0 Å². The molecule has 1 aromatic heterocycles. The van der Waals surface area contributed by atoms with E-state index < -0.39 is 31.2 Å². The summed E-state index contributed by atoms with van der Waals surface area (Å²) < 4.78 is 37.3. The lowest BCUT2D eigenvalue weighted by molar-refractivity contribution is -0.133. The molecule has 4 nitrogen and oxygen atoms in total. The minimum Gasteiger partial charge on any atom is -0.386 e. The van der Waals surface area contributed by atoms with Gasteiger partial charge in [0.25, 0.3) is 5.91 Å². The number of carbonyl (C=O) groups is 1. The topological polar surface area (TPSA) is 62.2 Å². The second kappa shape index (κ2) is 7.37. The number of aromatic nitrogens is 1. The Morgan fingerprint density at radius 2 is 2.00 bits per heavy atom. The van der Waals surface area contributed by atoms with Crippen molar-refractivity contribution in [1.29, 1.82) is 0 Å². The maximum Gasteiger partial charge on any atom is 0.315 e. The van der Waals surface area contributed by atoms with Crippen LogP contribution < -0.4 is 5.32 Å². The molecule has 2 rings (SSSR count). The highest BCUT2D eigenvalue weighted by Crippen LogP contribution is 2.26. The summed E-state index contributed by atoms with van der Waals surface area (Å²) in [5.74, 6) is -1.61. The van der Waals surface area contributed by atoms with Gasteiger partial charge in [0, 0.05) is 6.20 Å². The normalized spacial score (nSPS) is 13.9. The average Bonchev–Trinajstić information content (AvgIpc) is 3.06. The van der Waals surface area contributed by atoms with Crippen LogP contribution in [0.3, 0.4) is 0 Å². The number of carbonyl (C=O) groups excluding carboxylic acids is 1. The highest BCUT2D eigenvalue weighted by Gasteiger charge is 2.26. The van der Waals surface area contributed by atoms with Gasteiger partial charge in [-0.15, -0.1) is 11.3 Å². The second-order valence-corrected chi connectivity index (χ2v) is 5.39. The number of hydrogen-bond donors (Lipinski definition) is 2. The van der Waals surface area contributed by atoms with Crippen molar-refractivity contribution in [2.45, 2.75) is 18.6 Å². The Bertz CT molecular complexity index is 605. The molecule has 1 heterocycles. The third kappa shape index (κ3) is 3.83. The summed E-state index contributed by atoms with van der Waals surface area (Å²) in [6.07, 6.45) is -2.98. The molecule has 0 fully saturated rings. The number of aliphatic hydroxyl groups is 1. The van der Waals surface area contributed by atoms with Crippen LogP contribution in [0.25, 0.3) is 10.4 Å². The highest BCUT2D eigenvalue weighted by molar-refractivity contribution is 7.13. The lowest BCUT2D eigenvalue weighted by Gasteiger charge is -2.21. The zero-order valence-electron chi connectivity index (χ0n) is 11.2. The number of thiazole rings is 1. The first-order valence-corrected chi connectivity index (χ1v) is 7.22. The molecule has 0 radical (unpaired) electrons. The lowest BCUT2D eigenvalue weighted by atomic mass is 10.0. The fraction of sp³-hybridized carbons (Fsp3) is 0.286. The number of aliphatic hydroxyl groups excluding tert-OH is 1. The van der Waals surface area contributed by atoms with E-state index in [0.29, 0.717) is 5.56 Å². The Balaban J connectivity index is 2.10. The van der Waals surface area contributed by atoms with Gasteiger partial charge in [-0.2, -0.15) is 8.78 Å². The number of hydrogen-bond acceptors (Lipinski definition) is 4. The molecule has 2 unspecified atom stereocenters. The van der Waals surface area contributed by atoms with Crippen LogP contribution >= 0.6 is 11.3 Å². The molecule has 0 bridgehead atoms. The molecule has 8 heteroatoms. The number of nitrogens with one attached hydrogen (secondary N) is 1. The summed E-state index contributed by atoms with van der Waals surface area (Å²) in [4.78, 5) is 15.8. The third-order valence-electron chi connectivity index (χ3n) is 3.04. The molecule has 0 aliphatic heterocycles. The van der Waals surface area contributed by atoms with Gasteiger partial charge in [-0.3, -0.25) is 9.78 Å². The van der Waals surface area contributed by atoms with Gasteiger partial charge < -0.3 is 10.4 Å². The summed E-state index contributed by atoms with van der Waals surface area (Å²) in [7, 11) is 0. The predicted molar refractivity (Wildman–Crippen MR) is 76.4 cm³/mol. The summed E-state index contributed by atoms with van der Waals surface area (Å²) >= 11 is 1.44. The first-order valence-electron chi connectivity index (χ1n) is 6.34. The van der Waals surface area contributed by atoms with Crippen molar-refractivity contribution in [1.82, 2.24) is 10.3 Å². The standard InChI is InChI=1S/C14H13F3N2O2S/c15-5-10(19-14(21)13(16)17)12(20)9-3-1-8(2-4-9)11-6-18-7-22-11/h1-4,6-7,10,12-13,20H,5H2,(H,19,21). The smallest absolute Gasteiger partial charge is 0.315 e. The van der Waals surface area contributed by atoms with E-state index in [-0.39, 0.29) is 0 Å². The van der Waals surface area contributed by atoms with E-state index in [1.54, 1.807) is 41.3 Å². The molecule has 118 valence electrons. The maximum absolute atomic E-state index is 12.9. The molecular weight excluding hydrogens is 317 g/mol. The Labute approximate surface area is 128 Å². The maximum atomic E-state index is 12.9. The highest BCUT2D eigenvalue weighted by atomic mass is 32.1. The van der Waals surface area contributed by atoms with Gasteiger partial charge in [-0.25, -0.2) is 4.39 Å². The molecule has 1 amide bonds. The van der Waals surface area contributed by atoms with Crippen molar-refractivity contribution in [3.63, 3.8) is 0 Å². The average molecular weight is 330 g/mol. The van der Waals surface area contributed by atoms with Crippen LogP contribution in [0, 0.1) is 0 Å². The van der Waals surface area contributed by atoms with Crippen LogP contribution in [0.4, 0.5) is 13.2 Å². The Morgan fingerprint density at radius 3 is 2.50 bits per heavy atom. The Kier molecular flexibility index (Phi) is 5.51. The molecule has 1 aromatic carbocycles. The van der Waals surface area contributed by atoms with Gasteiger partial charge in [0.2, 0.25) is 0 Å². The minimum atomic E-state index is -3.25. The molecule has 0 aliphatic rings. The van der Waals surface area contributed by atoms with Crippen LogP contribution in [-0.2, 0) is 4.79 Å². The van der Waals surface area contributed by atoms with Crippen LogP contribution in [0.15, 0.2) is 36.0 Å². The zero-order chi connectivity index (χ0) is 16.1. The molecular formula is C14H13F3N2O2S. The molecule has 22 heavy (non-hydrogen) atoms. The summed E-state index contributed by atoms with van der Waals surface area (Å²) in [5, 5.41) is 11.8. The molecule has 2 aromatic rings. The van der Waals surface area contributed by atoms with Crippen molar-refractivity contribution in [3.05, 3.63) is 41.5 Å². The number of alkyl halides is 3. The quantitative estimate of drug-likeness (QED) is 0.856.